The van der Waals surface area contributed by atoms with Crippen LogP contribution in [-0.2, 0) is 27.1 Å². The summed E-state index contributed by atoms with van der Waals surface area (Å²) in [5.41, 5.74) is 0.866. The lowest BCUT2D eigenvalue weighted by atomic mass is 10.1. The number of rotatable bonds is 16. The van der Waals surface area contributed by atoms with Gasteiger partial charge in [-0.15, -0.1) is 0 Å². The van der Waals surface area contributed by atoms with Crippen molar-refractivity contribution in [3.05, 3.63) is 12.7 Å². The number of fused-ring (bicyclic) bond motifs is 1. The molecule has 17 heteroatoms. The molecule has 1 fully saturated rings. The minimum Gasteiger partial charge on any atom is -0.414 e. The van der Waals surface area contributed by atoms with E-state index >= 15 is 0 Å². The Kier molecular flexibility index (Phi) is 14.2. The first-order valence-corrected chi connectivity index (χ1v) is 27.5. The summed E-state index contributed by atoms with van der Waals surface area (Å²) in [6.45, 7) is 34.2. The molecule has 0 unspecified atom stereocenters. The van der Waals surface area contributed by atoms with Crippen LogP contribution in [0.5, 0.6) is 5.88 Å². The molecule has 3 heterocycles. The third-order valence-electron chi connectivity index (χ3n) is 10.8. The zero-order valence-corrected chi connectivity index (χ0v) is 37.4. The van der Waals surface area contributed by atoms with E-state index in [1.54, 1.807) is 6.33 Å². The van der Waals surface area contributed by atoms with Crippen LogP contribution in [0.25, 0.3) is 11.2 Å². The predicted octanol–water partition coefficient (Wildman–Crippen LogP) is 8.99. The molecule has 3 rings (SSSR count). The average Bonchev–Trinajstić information content (AvgIpc) is 3.56. The van der Waals surface area contributed by atoms with E-state index in [4.69, 9.17) is 47.1 Å². The molecule has 0 radical (unpaired) electrons. The second kappa shape index (κ2) is 16.7. The fourth-order valence-corrected chi connectivity index (χ4v) is 9.00. The molecule has 0 spiro atoms. The Bertz CT molecular complexity index is 1520. The van der Waals surface area contributed by atoms with Crippen LogP contribution in [-0.4, -0.2) is 82.6 Å². The van der Waals surface area contributed by atoms with Gasteiger partial charge in [0.2, 0.25) is 0 Å². The number of hydrogen-bond donors (Lipinski definition) is 0. The summed E-state index contributed by atoms with van der Waals surface area (Å²) in [7, 11) is -8.83. The van der Waals surface area contributed by atoms with Crippen LogP contribution in [0.1, 0.15) is 81.4 Å². The van der Waals surface area contributed by atoms with Crippen molar-refractivity contribution >= 4 is 44.7 Å². The second-order valence-corrected chi connectivity index (χ2v) is 33.1. The summed E-state index contributed by atoms with van der Waals surface area (Å²) in [6.07, 6.45) is 1.41. The number of ether oxygens (including phenoxy) is 1. The highest BCUT2D eigenvalue weighted by Gasteiger charge is 2.55. The van der Waals surface area contributed by atoms with E-state index in [0.717, 1.165) is 0 Å². The Morgan fingerprint density at radius 1 is 0.765 bits per heavy atom. The molecule has 0 amide bonds. The van der Waals surface area contributed by atoms with Crippen molar-refractivity contribution in [1.82, 2.24) is 19.5 Å². The largest absolute Gasteiger partial charge is 0.414 e. The minimum atomic E-state index is -2.38. The molecule has 0 N–H and O–H groups in total. The van der Waals surface area contributed by atoms with E-state index in [1.165, 1.54) is 6.33 Å². The molecule has 13 nitrogen and oxygen atoms in total. The van der Waals surface area contributed by atoms with Crippen molar-refractivity contribution in [2.45, 2.75) is 154 Å². The lowest BCUT2D eigenvalue weighted by Gasteiger charge is -2.44. The molecular formula is C34H61N6O7PSi3. The van der Waals surface area contributed by atoms with Crippen LogP contribution in [0.2, 0.25) is 54.4 Å². The summed E-state index contributed by atoms with van der Waals surface area (Å²) < 4.78 is 47.8. The smallest absolute Gasteiger partial charge is 0.398 e. The lowest BCUT2D eigenvalue weighted by Crippen LogP contribution is -2.54. The Balaban J connectivity index is 2.14. The number of nitriles is 2. The molecule has 1 aliphatic heterocycles. The average molecular weight is 781 g/mol. The summed E-state index contributed by atoms with van der Waals surface area (Å²) in [5, 5.41) is 17.9. The monoisotopic (exact) mass is 780 g/mol. The topological polar surface area (TPSA) is 156 Å². The highest BCUT2D eigenvalue weighted by atomic mass is 31.2. The molecular weight excluding hydrogens is 720 g/mol. The predicted molar refractivity (Wildman–Crippen MR) is 206 cm³/mol. The van der Waals surface area contributed by atoms with Gasteiger partial charge in [-0.05, 0) is 54.4 Å². The SMILES string of the molecule is CC(C)(C)[Si](C)(C)OC[C@H]1O[C@@H](n2cnc3c(OP(OCCC#N)OCCC#N)ncnc32)[C@H](O[Si](C)(C)C(C)(C)C)[C@@H]1O[Si](C)(C)C(C)(C)C. The van der Waals surface area contributed by atoms with E-state index in [2.05, 4.69) is 112 Å². The van der Waals surface area contributed by atoms with Crippen molar-refractivity contribution in [3.63, 3.8) is 0 Å². The Labute approximate surface area is 310 Å². The maximum atomic E-state index is 9.00. The molecule has 51 heavy (non-hydrogen) atoms. The molecule has 1 saturated heterocycles. The molecule has 0 aromatic carbocycles. The van der Waals surface area contributed by atoms with Gasteiger partial charge in [0.1, 0.15) is 24.6 Å². The van der Waals surface area contributed by atoms with Crippen molar-refractivity contribution in [1.29, 1.82) is 10.5 Å². The molecule has 286 valence electrons. The molecule has 1 aliphatic rings. The van der Waals surface area contributed by atoms with Gasteiger partial charge in [0.15, 0.2) is 42.3 Å². The van der Waals surface area contributed by atoms with E-state index in [0.29, 0.717) is 17.8 Å². The first-order valence-electron chi connectivity index (χ1n) is 17.7. The van der Waals surface area contributed by atoms with E-state index in [9.17, 15) is 0 Å². The van der Waals surface area contributed by atoms with Crippen molar-refractivity contribution in [2.75, 3.05) is 19.8 Å². The van der Waals surface area contributed by atoms with Crippen LogP contribution in [0.15, 0.2) is 12.7 Å². The first kappa shape index (κ1) is 43.6. The van der Waals surface area contributed by atoms with Gasteiger partial charge in [-0.2, -0.15) is 15.5 Å². The minimum absolute atomic E-state index is 0.0156. The van der Waals surface area contributed by atoms with Gasteiger partial charge in [-0.1, -0.05) is 62.3 Å². The van der Waals surface area contributed by atoms with Crippen LogP contribution < -0.4 is 4.52 Å². The fraction of sp³-hybridized carbons (Fsp3) is 0.794. The van der Waals surface area contributed by atoms with Crippen LogP contribution in [0, 0.1) is 22.7 Å². The number of imidazole rings is 1. The first-order chi connectivity index (χ1) is 23.4. The van der Waals surface area contributed by atoms with Crippen LogP contribution >= 0.6 is 8.60 Å². The zero-order valence-electron chi connectivity index (χ0n) is 33.5. The molecule has 0 aliphatic carbocycles. The Morgan fingerprint density at radius 2 is 1.27 bits per heavy atom. The van der Waals surface area contributed by atoms with Gasteiger partial charge >= 0.3 is 8.60 Å². The van der Waals surface area contributed by atoms with Gasteiger partial charge < -0.3 is 31.6 Å². The third kappa shape index (κ3) is 10.7. The zero-order chi connectivity index (χ0) is 38.6. The number of aromatic nitrogens is 4. The van der Waals surface area contributed by atoms with Gasteiger partial charge in [-0.3, -0.25) is 4.57 Å². The van der Waals surface area contributed by atoms with E-state index < -0.39 is 58.1 Å². The van der Waals surface area contributed by atoms with Crippen molar-refractivity contribution in [2.24, 2.45) is 0 Å². The summed E-state index contributed by atoms with van der Waals surface area (Å²) >= 11 is 0. The van der Waals surface area contributed by atoms with Crippen molar-refractivity contribution in [3.8, 4) is 18.0 Å². The van der Waals surface area contributed by atoms with Gasteiger partial charge in [-0.25, -0.2) is 9.97 Å². The lowest BCUT2D eigenvalue weighted by molar-refractivity contribution is -0.0470. The Morgan fingerprint density at radius 3 is 1.76 bits per heavy atom. The Hall–Kier alpha value is -1.83. The van der Waals surface area contributed by atoms with Crippen LogP contribution in [0.4, 0.5) is 0 Å². The number of hydrogen-bond acceptors (Lipinski definition) is 12. The molecule has 2 aromatic heterocycles. The molecule has 4 atom stereocenters. The molecule has 2 aromatic rings. The number of nitrogens with zero attached hydrogens (tertiary/aromatic N) is 6. The van der Waals surface area contributed by atoms with E-state index in [-0.39, 0.29) is 47.1 Å². The maximum Gasteiger partial charge on any atom is 0.398 e. The van der Waals surface area contributed by atoms with E-state index in [1.807, 2.05) is 16.7 Å². The van der Waals surface area contributed by atoms with Crippen LogP contribution in [0.3, 0.4) is 0 Å². The molecule has 0 bridgehead atoms. The van der Waals surface area contributed by atoms with Crippen molar-refractivity contribution < 1.29 is 31.6 Å². The highest BCUT2D eigenvalue weighted by Crippen LogP contribution is 2.48. The quantitative estimate of drug-likeness (QED) is 0.0907. The van der Waals surface area contributed by atoms with Gasteiger partial charge in [0, 0.05) is 0 Å². The standard InChI is InChI=1S/C34H61N6O7PSi3/c1-32(2,3)49(10,11)43-22-25-27(46-50(12,13)33(4,5)6)28(47-51(14,15)34(7,8)9)31(44-25)40-24-39-26-29(40)37-23-38-30(26)45-48(41-20-16-18-35)42-21-17-19-36/h23-25,27-28,31H,16-17,20-22H2,1-15H3/t25-,27-,28-,31-/m1/s1. The second-order valence-electron chi connectivity index (χ2n) is 17.6. The third-order valence-corrected chi connectivity index (χ3v) is 25.3. The van der Waals surface area contributed by atoms with Gasteiger partial charge in [0.05, 0.1) is 51.1 Å². The fourth-order valence-electron chi connectivity index (χ4n) is 4.45. The summed E-state index contributed by atoms with van der Waals surface area (Å²) in [6, 6.07) is 4.09. The molecule has 0 saturated carbocycles. The van der Waals surface area contributed by atoms with Gasteiger partial charge in [0.25, 0.3) is 5.88 Å². The summed E-state index contributed by atoms with van der Waals surface area (Å²) in [5.74, 6) is 0.158. The highest BCUT2D eigenvalue weighted by molar-refractivity contribution is 7.42. The normalized spacial score (nSPS) is 20.9. The maximum absolute atomic E-state index is 9.00. The summed E-state index contributed by atoms with van der Waals surface area (Å²) in [4.78, 5) is 13.7.